The van der Waals surface area contributed by atoms with Crippen molar-refractivity contribution in [1.29, 1.82) is 0 Å². The van der Waals surface area contributed by atoms with Crippen LogP contribution >= 0.6 is 0 Å². The van der Waals surface area contributed by atoms with Crippen molar-refractivity contribution in [3.63, 3.8) is 0 Å². The van der Waals surface area contributed by atoms with Crippen molar-refractivity contribution in [3.05, 3.63) is 0 Å². The molecule has 0 atom stereocenters. The summed E-state index contributed by atoms with van der Waals surface area (Å²) in [6.45, 7) is 0. The van der Waals surface area contributed by atoms with Crippen LogP contribution in [0.1, 0.15) is 0 Å². The molecule has 0 aliphatic carbocycles. The lowest BCUT2D eigenvalue weighted by Crippen LogP contribution is -2.55. The van der Waals surface area contributed by atoms with Crippen LogP contribution in [0.25, 0.3) is 0 Å². The van der Waals surface area contributed by atoms with Crippen LogP contribution in [0.5, 0.6) is 0 Å². The van der Waals surface area contributed by atoms with Crippen molar-refractivity contribution in [2.75, 3.05) is 28.2 Å². The highest BCUT2D eigenvalue weighted by Crippen LogP contribution is 2.22. The first-order chi connectivity index (χ1) is 4.61. The van der Waals surface area contributed by atoms with Gasteiger partial charge >= 0.3 is 0 Å². The highest BCUT2D eigenvalue weighted by Gasteiger charge is 2.34. The molecule has 0 N–H and O–H groups in total. The third-order valence-corrected chi connectivity index (χ3v) is 14.2. The third-order valence-electron chi connectivity index (χ3n) is 2.55. The van der Waals surface area contributed by atoms with Crippen LogP contribution < -0.4 is 0 Å². The highest BCUT2D eigenvalue weighted by atomic mass is 28.4. The van der Waals surface area contributed by atoms with Crippen molar-refractivity contribution >= 4 is 17.9 Å². The van der Waals surface area contributed by atoms with E-state index in [1.165, 1.54) is 0 Å². The van der Waals surface area contributed by atoms with Gasteiger partial charge < -0.3 is 9.13 Å². The Balaban J connectivity index is 2.18. The Bertz CT molecular complexity index is 98.3. The number of hydrogen-bond acceptors (Lipinski definition) is 2. The molecule has 2 nitrogen and oxygen atoms in total. The molecule has 60 valence electrons. The molecule has 10 heavy (non-hydrogen) atoms. The van der Waals surface area contributed by atoms with E-state index in [9.17, 15) is 0 Å². The molecule has 0 unspecified atom stereocenters. The second-order valence-corrected chi connectivity index (χ2v) is 12.2. The lowest BCUT2D eigenvalue weighted by Gasteiger charge is -2.40. The summed E-state index contributed by atoms with van der Waals surface area (Å²) >= 11 is 0. The smallest absolute Gasteiger partial charge is 0.108 e. The molecule has 0 aromatic carbocycles. The molecular weight excluding hydrogens is 156 g/mol. The molecule has 0 bridgehead atoms. The van der Waals surface area contributed by atoms with Crippen molar-refractivity contribution in [1.82, 2.24) is 9.13 Å². The van der Waals surface area contributed by atoms with Gasteiger partial charge in [0.2, 0.25) is 0 Å². The Kier molecular flexibility index (Phi) is 2.68. The van der Waals surface area contributed by atoms with Gasteiger partial charge in [0.25, 0.3) is 0 Å². The van der Waals surface area contributed by atoms with E-state index in [-0.39, 0.29) is 17.9 Å². The van der Waals surface area contributed by atoms with E-state index in [0.717, 1.165) is 0 Å². The van der Waals surface area contributed by atoms with Crippen LogP contribution in [0.15, 0.2) is 0 Å². The van der Waals surface area contributed by atoms with Gasteiger partial charge in [-0.3, -0.25) is 0 Å². The maximum Gasteiger partial charge on any atom is 0.108 e. The maximum atomic E-state index is 2.49. The van der Waals surface area contributed by atoms with Gasteiger partial charge in [0, 0.05) is 0 Å². The Morgan fingerprint density at radius 3 is 1.30 bits per heavy atom. The van der Waals surface area contributed by atoms with Crippen LogP contribution in [-0.2, 0) is 0 Å². The van der Waals surface area contributed by atoms with E-state index >= 15 is 0 Å². The van der Waals surface area contributed by atoms with E-state index in [1.807, 2.05) is 0 Å². The summed E-state index contributed by atoms with van der Waals surface area (Å²) in [5, 5.41) is 0. The van der Waals surface area contributed by atoms with E-state index in [2.05, 4.69) is 37.3 Å². The lowest BCUT2D eigenvalue weighted by atomic mass is 11.3. The quantitative estimate of drug-likeness (QED) is 0.528. The lowest BCUT2D eigenvalue weighted by molar-refractivity contribution is 0.602. The highest BCUT2D eigenvalue weighted by molar-refractivity contribution is 6.92. The van der Waals surface area contributed by atoms with E-state index < -0.39 is 0 Å². The fraction of sp³-hybridized carbons (Fsp3) is 1.00. The minimum Gasteiger partial charge on any atom is -0.332 e. The zero-order valence-corrected chi connectivity index (χ0v) is 9.77. The van der Waals surface area contributed by atoms with E-state index in [1.54, 1.807) is 11.3 Å². The maximum absolute atomic E-state index is 2.49. The van der Waals surface area contributed by atoms with Gasteiger partial charge in [-0.05, 0) is 39.5 Å². The molecule has 0 aromatic rings. The summed E-state index contributed by atoms with van der Waals surface area (Å²) in [7, 11) is 8.32. The van der Waals surface area contributed by atoms with Crippen molar-refractivity contribution < 1.29 is 0 Å². The Labute approximate surface area is 67.2 Å². The van der Waals surface area contributed by atoms with Gasteiger partial charge in [0.15, 0.2) is 0 Å². The molecule has 1 rings (SSSR count). The van der Waals surface area contributed by atoms with Crippen molar-refractivity contribution in [3.8, 4) is 0 Å². The Morgan fingerprint density at radius 1 is 0.800 bits per heavy atom. The molecule has 0 spiro atoms. The van der Waals surface area contributed by atoms with E-state index in [0.29, 0.717) is 0 Å². The number of rotatable bonds is 2. The zero-order valence-electron chi connectivity index (χ0n) is 7.46. The molecule has 4 heteroatoms. The van der Waals surface area contributed by atoms with Gasteiger partial charge in [-0.15, -0.1) is 0 Å². The molecule has 1 aliphatic rings. The predicted octanol–water partition coefficient (Wildman–Crippen LogP) is -0.351. The molecule has 0 saturated carbocycles. The average Bonchev–Trinajstić information content (AvgIpc) is 1.56. The fourth-order valence-electron chi connectivity index (χ4n) is 1.40. The summed E-state index contributed by atoms with van der Waals surface area (Å²) in [4.78, 5) is 0. The average molecular weight is 174 g/mol. The van der Waals surface area contributed by atoms with Crippen LogP contribution in [0.2, 0.25) is 11.3 Å². The minimum atomic E-state index is -0.335. The SMILES string of the molecule is CN(C)[SiH]1C[SiH](N(C)C)C1. The molecule has 0 radical (unpaired) electrons. The van der Waals surface area contributed by atoms with Crippen molar-refractivity contribution in [2.24, 2.45) is 0 Å². The van der Waals surface area contributed by atoms with Crippen LogP contribution in [-0.4, -0.2) is 55.2 Å². The second-order valence-electron chi connectivity index (χ2n) is 3.71. The van der Waals surface area contributed by atoms with Gasteiger partial charge in [0.05, 0.1) is 0 Å². The van der Waals surface area contributed by atoms with Crippen LogP contribution in [0.4, 0.5) is 0 Å². The molecular formula is C6H18N2Si2. The zero-order chi connectivity index (χ0) is 7.72. The molecule has 1 saturated heterocycles. The van der Waals surface area contributed by atoms with Gasteiger partial charge in [-0.1, -0.05) is 0 Å². The molecule has 0 amide bonds. The summed E-state index contributed by atoms with van der Waals surface area (Å²) in [6, 6.07) is 0. The second kappa shape index (κ2) is 3.17. The third kappa shape index (κ3) is 1.69. The Morgan fingerprint density at radius 2 is 1.10 bits per heavy atom. The monoisotopic (exact) mass is 174 g/mol. The minimum absolute atomic E-state index is 0.335. The fourth-order valence-corrected chi connectivity index (χ4v) is 12.6. The standard InChI is InChI=1S/C6H18N2Si2/c1-7(2)9-5-10(6-9)8(3)4/h9-10H,5-6H2,1-4H3. The van der Waals surface area contributed by atoms with Gasteiger partial charge in [-0.2, -0.15) is 0 Å². The van der Waals surface area contributed by atoms with E-state index in [4.69, 9.17) is 0 Å². The Hall–Kier alpha value is 0.354. The van der Waals surface area contributed by atoms with Crippen molar-refractivity contribution in [2.45, 2.75) is 11.3 Å². The number of nitrogens with zero attached hydrogens (tertiary/aromatic N) is 2. The predicted molar refractivity (Wildman–Crippen MR) is 51.3 cm³/mol. The summed E-state index contributed by atoms with van der Waals surface area (Å²) in [5.41, 5.74) is 3.25. The van der Waals surface area contributed by atoms with Gasteiger partial charge in [-0.25, -0.2) is 0 Å². The molecule has 1 heterocycles. The first-order valence-electron chi connectivity index (χ1n) is 3.94. The molecule has 0 aromatic heterocycles. The topological polar surface area (TPSA) is 6.48 Å². The summed E-state index contributed by atoms with van der Waals surface area (Å²) in [5.74, 6) is 0. The summed E-state index contributed by atoms with van der Waals surface area (Å²) in [6.07, 6.45) is 0. The first kappa shape index (κ1) is 8.45. The first-order valence-corrected chi connectivity index (χ1v) is 8.24. The van der Waals surface area contributed by atoms with Crippen LogP contribution in [0, 0.1) is 0 Å². The largest absolute Gasteiger partial charge is 0.332 e. The molecule has 1 fully saturated rings. The number of hydrogen-bond donors (Lipinski definition) is 0. The normalized spacial score (nSPS) is 33.0. The van der Waals surface area contributed by atoms with Crippen LogP contribution in [0.3, 0.4) is 0 Å². The summed E-state index contributed by atoms with van der Waals surface area (Å²) < 4.78 is 4.99. The molecule has 1 aliphatic heterocycles. The van der Waals surface area contributed by atoms with Gasteiger partial charge in [0.1, 0.15) is 17.9 Å².